The standard InChI is InChI=1S/C15H16ClFN2O/c1-9-8-10(16)6-7-11(9)15(19-18)12-4-3-5-13(20-2)14(12)17/h3-8,15,19H,18H2,1-2H3. The third-order valence-corrected chi connectivity index (χ3v) is 3.47. The molecule has 0 saturated heterocycles. The summed E-state index contributed by atoms with van der Waals surface area (Å²) in [7, 11) is 1.43. The maximum absolute atomic E-state index is 14.4. The van der Waals surface area contributed by atoms with Gasteiger partial charge in [-0.2, -0.15) is 0 Å². The van der Waals surface area contributed by atoms with Gasteiger partial charge in [0.15, 0.2) is 11.6 Å². The molecule has 3 N–H and O–H groups in total. The van der Waals surface area contributed by atoms with E-state index in [0.717, 1.165) is 11.1 Å². The topological polar surface area (TPSA) is 47.3 Å². The summed E-state index contributed by atoms with van der Waals surface area (Å²) in [5.74, 6) is 5.38. The molecule has 106 valence electrons. The Labute approximate surface area is 122 Å². The molecule has 2 rings (SSSR count). The summed E-state index contributed by atoms with van der Waals surface area (Å²) in [5.41, 5.74) is 4.87. The predicted molar refractivity (Wildman–Crippen MR) is 78.3 cm³/mol. The molecule has 3 nitrogen and oxygen atoms in total. The van der Waals surface area contributed by atoms with Gasteiger partial charge in [0.1, 0.15) is 0 Å². The van der Waals surface area contributed by atoms with Crippen LogP contribution in [-0.4, -0.2) is 7.11 Å². The van der Waals surface area contributed by atoms with Crippen LogP contribution in [0.15, 0.2) is 36.4 Å². The quantitative estimate of drug-likeness (QED) is 0.671. The molecule has 1 atom stereocenters. The van der Waals surface area contributed by atoms with Gasteiger partial charge in [0, 0.05) is 10.6 Å². The van der Waals surface area contributed by atoms with Gasteiger partial charge in [0.05, 0.1) is 13.2 Å². The summed E-state index contributed by atoms with van der Waals surface area (Å²) in [5, 5.41) is 0.633. The maximum Gasteiger partial charge on any atom is 0.170 e. The molecule has 0 bridgehead atoms. The van der Waals surface area contributed by atoms with Crippen molar-refractivity contribution in [3.8, 4) is 5.75 Å². The number of hydrogen-bond acceptors (Lipinski definition) is 3. The van der Waals surface area contributed by atoms with E-state index in [1.165, 1.54) is 7.11 Å². The summed E-state index contributed by atoms with van der Waals surface area (Å²) < 4.78 is 19.4. The minimum absolute atomic E-state index is 0.189. The van der Waals surface area contributed by atoms with Crippen molar-refractivity contribution in [1.29, 1.82) is 0 Å². The molecule has 0 amide bonds. The van der Waals surface area contributed by atoms with Crippen LogP contribution in [0.1, 0.15) is 22.7 Å². The van der Waals surface area contributed by atoms with Crippen LogP contribution >= 0.6 is 11.6 Å². The number of hydrazine groups is 1. The van der Waals surface area contributed by atoms with E-state index in [9.17, 15) is 4.39 Å². The number of methoxy groups -OCH3 is 1. The maximum atomic E-state index is 14.4. The minimum Gasteiger partial charge on any atom is -0.494 e. The summed E-state index contributed by atoms with van der Waals surface area (Å²) in [6, 6.07) is 9.92. The van der Waals surface area contributed by atoms with Crippen molar-refractivity contribution < 1.29 is 9.13 Å². The first-order valence-electron chi connectivity index (χ1n) is 6.13. The van der Waals surface area contributed by atoms with Gasteiger partial charge in [-0.15, -0.1) is 0 Å². The van der Waals surface area contributed by atoms with E-state index in [1.54, 1.807) is 24.3 Å². The van der Waals surface area contributed by atoms with E-state index in [-0.39, 0.29) is 5.75 Å². The van der Waals surface area contributed by atoms with E-state index in [0.29, 0.717) is 10.6 Å². The van der Waals surface area contributed by atoms with Crippen LogP contribution in [0.4, 0.5) is 4.39 Å². The highest BCUT2D eigenvalue weighted by Gasteiger charge is 2.20. The Hall–Kier alpha value is -1.62. The second kappa shape index (κ2) is 6.22. The average molecular weight is 295 g/mol. The van der Waals surface area contributed by atoms with Gasteiger partial charge >= 0.3 is 0 Å². The van der Waals surface area contributed by atoms with Crippen LogP contribution in [0, 0.1) is 12.7 Å². The number of aryl methyl sites for hydroxylation is 1. The predicted octanol–water partition coefficient (Wildman–Crippen LogP) is 3.35. The SMILES string of the molecule is COc1cccc(C(NN)c2ccc(Cl)cc2C)c1F. The molecule has 0 saturated carbocycles. The molecule has 0 radical (unpaired) electrons. The summed E-state index contributed by atoms with van der Waals surface area (Å²) in [4.78, 5) is 0. The van der Waals surface area contributed by atoms with Crippen molar-refractivity contribution >= 4 is 11.6 Å². The highest BCUT2D eigenvalue weighted by atomic mass is 35.5. The number of ether oxygens (including phenoxy) is 1. The largest absolute Gasteiger partial charge is 0.494 e. The molecule has 1 unspecified atom stereocenters. The Morgan fingerprint density at radius 2 is 2.00 bits per heavy atom. The smallest absolute Gasteiger partial charge is 0.170 e. The zero-order chi connectivity index (χ0) is 14.7. The van der Waals surface area contributed by atoms with Gasteiger partial charge in [-0.25, -0.2) is 9.82 Å². The Morgan fingerprint density at radius 3 is 2.60 bits per heavy atom. The summed E-state index contributed by atoms with van der Waals surface area (Å²) >= 11 is 5.94. The molecule has 2 aromatic carbocycles. The van der Waals surface area contributed by atoms with E-state index in [2.05, 4.69) is 5.43 Å². The van der Waals surface area contributed by atoms with Crippen molar-refractivity contribution in [1.82, 2.24) is 5.43 Å². The number of halogens is 2. The molecule has 0 aliphatic heterocycles. The van der Waals surface area contributed by atoms with Crippen LogP contribution in [-0.2, 0) is 0 Å². The van der Waals surface area contributed by atoms with Crippen molar-refractivity contribution in [2.75, 3.05) is 7.11 Å². The summed E-state index contributed by atoms with van der Waals surface area (Å²) in [6.07, 6.45) is 0. The van der Waals surface area contributed by atoms with Gasteiger partial charge in [-0.05, 0) is 36.2 Å². The van der Waals surface area contributed by atoms with E-state index in [4.69, 9.17) is 22.2 Å². The van der Waals surface area contributed by atoms with Gasteiger partial charge in [0.2, 0.25) is 0 Å². The van der Waals surface area contributed by atoms with Gasteiger partial charge in [-0.3, -0.25) is 5.84 Å². The second-order valence-corrected chi connectivity index (χ2v) is 4.90. The molecule has 0 heterocycles. The van der Waals surface area contributed by atoms with Crippen molar-refractivity contribution in [2.24, 2.45) is 5.84 Å². The third-order valence-electron chi connectivity index (χ3n) is 3.23. The van der Waals surface area contributed by atoms with Gasteiger partial charge in [0.25, 0.3) is 0 Å². The molecule has 2 aromatic rings. The van der Waals surface area contributed by atoms with Crippen LogP contribution in [0.3, 0.4) is 0 Å². The van der Waals surface area contributed by atoms with E-state index in [1.807, 2.05) is 19.1 Å². The van der Waals surface area contributed by atoms with Crippen molar-refractivity contribution in [2.45, 2.75) is 13.0 Å². The Morgan fingerprint density at radius 1 is 1.25 bits per heavy atom. The van der Waals surface area contributed by atoms with Crippen LogP contribution in [0.2, 0.25) is 5.02 Å². The Bertz CT molecular complexity index is 619. The third kappa shape index (κ3) is 2.77. The lowest BCUT2D eigenvalue weighted by atomic mass is 9.95. The molecule has 20 heavy (non-hydrogen) atoms. The van der Waals surface area contributed by atoms with E-state index >= 15 is 0 Å². The van der Waals surface area contributed by atoms with Gasteiger partial charge < -0.3 is 4.74 Å². The fourth-order valence-electron chi connectivity index (χ4n) is 2.22. The number of nitrogens with two attached hydrogens (primary N) is 1. The molecular formula is C15H16ClFN2O. The molecule has 0 aromatic heterocycles. The Kier molecular flexibility index (Phi) is 4.60. The van der Waals surface area contributed by atoms with Crippen LogP contribution in [0.25, 0.3) is 0 Å². The van der Waals surface area contributed by atoms with Crippen molar-refractivity contribution in [3.63, 3.8) is 0 Å². The highest BCUT2D eigenvalue weighted by molar-refractivity contribution is 6.30. The minimum atomic E-state index is -0.470. The fourth-order valence-corrected chi connectivity index (χ4v) is 2.45. The second-order valence-electron chi connectivity index (χ2n) is 4.46. The number of hydrogen-bond donors (Lipinski definition) is 2. The zero-order valence-electron chi connectivity index (χ0n) is 11.3. The number of benzene rings is 2. The lowest BCUT2D eigenvalue weighted by Crippen LogP contribution is -2.30. The van der Waals surface area contributed by atoms with Gasteiger partial charge in [-0.1, -0.05) is 29.8 Å². The monoisotopic (exact) mass is 294 g/mol. The van der Waals surface area contributed by atoms with Crippen LogP contribution < -0.4 is 16.0 Å². The average Bonchev–Trinajstić information content (AvgIpc) is 2.43. The van der Waals surface area contributed by atoms with Crippen molar-refractivity contribution in [3.05, 3.63) is 63.9 Å². The highest BCUT2D eigenvalue weighted by Crippen LogP contribution is 2.31. The molecule has 0 aliphatic rings. The first-order chi connectivity index (χ1) is 9.58. The molecular weight excluding hydrogens is 279 g/mol. The van der Waals surface area contributed by atoms with E-state index < -0.39 is 11.9 Å². The summed E-state index contributed by atoms with van der Waals surface area (Å²) in [6.45, 7) is 1.91. The molecule has 5 heteroatoms. The lowest BCUT2D eigenvalue weighted by molar-refractivity contribution is 0.381. The zero-order valence-corrected chi connectivity index (χ0v) is 12.0. The van der Waals surface area contributed by atoms with Crippen LogP contribution in [0.5, 0.6) is 5.75 Å². The Balaban J connectivity index is 2.52. The first kappa shape index (κ1) is 14.8. The fraction of sp³-hybridized carbons (Fsp3) is 0.200. The number of rotatable bonds is 4. The number of nitrogens with one attached hydrogen (secondary N) is 1. The first-order valence-corrected chi connectivity index (χ1v) is 6.51. The lowest BCUT2D eigenvalue weighted by Gasteiger charge is -2.20. The molecule has 0 fully saturated rings. The molecule has 0 spiro atoms. The normalized spacial score (nSPS) is 12.2. The molecule has 0 aliphatic carbocycles.